The van der Waals surface area contributed by atoms with Crippen LogP contribution in [0.15, 0.2) is 48.7 Å². The molecule has 1 atom stereocenters. The van der Waals surface area contributed by atoms with E-state index in [1.54, 1.807) is 4.90 Å². The highest BCUT2D eigenvalue weighted by Crippen LogP contribution is 2.47. The molecular formula is C52H62F3N11O4. The van der Waals surface area contributed by atoms with Crippen molar-refractivity contribution in [3.63, 3.8) is 0 Å². The summed E-state index contributed by atoms with van der Waals surface area (Å²) in [5.74, 6) is 1.45. The Morgan fingerprint density at radius 2 is 1.61 bits per heavy atom. The molecule has 0 unspecified atom stereocenters. The zero-order chi connectivity index (χ0) is 49.3. The van der Waals surface area contributed by atoms with Crippen molar-refractivity contribution in [3.05, 3.63) is 82.2 Å². The first kappa shape index (κ1) is 48.7. The lowest BCUT2D eigenvalue weighted by molar-refractivity contribution is -0.138. The SMILES string of the molecule is Cc1c(CC#N)cccc1[C@@H](C)Nc1nnc(C)c2cnc(N3CCN(C(=O)C4CCN(CC5CCC6(CC5)CCN(C(=O)c5ccc(C(F)(F)F)c(N7CCC(=O)NC7=O)c5)CC6)CC4)CC3)cc12. The Labute approximate surface area is 406 Å². The van der Waals surface area contributed by atoms with Crippen molar-refractivity contribution in [1.29, 1.82) is 5.26 Å². The number of aromatic nitrogens is 3. The van der Waals surface area contributed by atoms with Crippen LogP contribution in [0.25, 0.3) is 10.8 Å². The number of nitriles is 1. The van der Waals surface area contributed by atoms with E-state index in [0.717, 1.165) is 127 Å². The molecule has 5 aliphatic rings. The van der Waals surface area contributed by atoms with Crippen molar-refractivity contribution >= 4 is 51.8 Å². The number of urea groups is 1. The van der Waals surface area contributed by atoms with Crippen molar-refractivity contribution in [2.24, 2.45) is 17.3 Å². The Morgan fingerprint density at radius 3 is 2.30 bits per heavy atom. The summed E-state index contributed by atoms with van der Waals surface area (Å²) in [6.45, 7) is 12.4. The van der Waals surface area contributed by atoms with Crippen LogP contribution >= 0.6 is 0 Å². The van der Waals surface area contributed by atoms with Gasteiger partial charge in [-0.15, -0.1) is 5.10 Å². The highest BCUT2D eigenvalue weighted by Gasteiger charge is 2.42. The first-order valence-corrected chi connectivity index (χ1v) is 24.8. The van der Waals surface area contributed by atoms with E-state index in [1.165, 1.54) is 6.07 Å². The minimum atomic E-state index is -4.75. The molecule has 0 radical (unpaired) electrons. The molecule has 1 saturated carbocycles. The Hall–Kier alpha value is -6.35. The number of anilines is 3. The summed E-state index contributed by atoms with van der Waals surface area (Å²) in [7, 11) is 0. The Balaban J connectivity index is 0.722. The molecule has 1 spiro atoms. The van der Waals surface area contributed by atoms with Crippen molar-refractivity contribution < 1.29 is 32.3 Å². The fraction of sp³-hybridized carbons (Fsp3) is 0.538. The fourth-order valence-corrected chi connectivity index (χ4v) is 11.6. The summed E-state index contributed by atoms with van der Waals surface area (Å²) < 4.78 is 42.0. The van der Waals surface area contributed by atoms with Crippen LogP contribution in [-0.2, 0) is 22.2 Å². The number of fused-ring (bicyclic) bond motifs is 1. The molecule has 18 heteroatoms. The summed E-state index contributed by atoms with van der Waals surface area (Å²) in [4.78, 5) is 66.0. The minimum Gasteiger partial charge on any atom is -0.362 e. The maximum absolute atomic E-state index is 14.0. The highest BCUT2D eigenvalue weighted by molar-refractivity contribution is 6.07. The van der Waals surface area contributed by atoms with Crippen LogP contribution in [-0.4, -0.2) is 119 Å². The van der Waals surface area contributed by atoms with Gasteiger partial charge in [0.2, 0.25) is 11.8 Å². The summed E-state index contributed by atoms with van der Waals surface area (Å²) in [5, 5.41) is 25.8. The van der Waals surface area contributed by atoms with Crippen molar-refractivity contribution in [2.75, 3.05) is 80.6 Å². The summed E-state index contributed by atoms with van der Waals surface area (Å²) in [6.07, 6.45) is 5.09. The third kappa shape index (κ3) is 10.3. The number of carbonyl (C=O) groups excluding carboxylic acids is 4. The number of nitrogens with one attached hydrogen (secondary N) is 2. The number of hydrogen-bond donors (Lipinski definition) is 2. The number of piperazine rings is 1. The van der Waals surface area contributed by atoms with Gasteiger partial charge in [0, 0.05) is 87.2 Å². The number of hydrogen-bond acceptors (Lipinski definition) is 11. The number of likely N-dealkylation sites (tertiary alicyclic amines) is 2. The quantitative estimate of drug-likeness (QED) is 0.159. The Morgan fingerprint density at radius 1 is 0.886 bits per heavy atom. The molecule has 4 aliphatic heterocycles. The standard InChI is InChI=1S/C52H62F3N11O4/c1-33-37(11-19-56)5-4-6-40(33)34(2)58-47-41-30-45(57-31-42(41)35(3)60-61-47)63-25-27-65(28-26-63)48(68)38-12-20-62(21-13-38)32-36-9-15-51(16-10-36)17-23-64(24-18-51)49(69)39-7-8-43(52(53,54)55)44(29-39)66-22-14-46(67)59-50(66)70/h4-8,29-31,34,36,38H,9-18,20-28,32H2,1-3H3,(H,58,61)(H,59,67,70)/t34-/m1/s1. The monoisotopic (exact) mass is 961 g/mol. The average molecular weight is 962 g/mol. The zero-order valence-electron chi connectivity index (χ0n) is 40.3. The van der Waals surface area contributed by atoms with Gasteiger partial charge in [-0.25, -0.2) is 9.78 Å². The molecule has 70 heavy (non-hydrogen) atoms. The van der Waals surface area contributed by atoms with Gasteiger partial charge in [-0.05, 0) is 138 Å². The van der Waals surface area contributed by atoms with Gasteiger partial charge in [0.05, 0.1) is 35.5 Å². The van der Waals surface area contributed by atoms with E-state index in [1.807, 2.05) is 30.2 Å². The molecule has 1 aliphatic carbocycles. The van der Waals surface area contributed by atoms with Crippen LogP contribution in [0, 0.1) is 42.4 Å². The Bertz CT molecular complexity index is 2670. The maximum Gasteiger partial charge on any atom is 0.418 e. The van der Waals surface area contributed by atoms with Gasteiger partial charge in [-0.2, -0.15) is 23.5 Å². The van der Waals surface area contributed by atoms with Crippen molar-refractivity contribution in [1.82, 2.24) is 35.2 Å². The molecule has 15 nitrogen and oxygen atoms in total. The maximum atomic E-state index is 14.0. The highest BCUT2D eigenvalue weighted by atomic mass is 19.4. The lowest BCUT2D eigenvalue weighted by Gasteiger charge is -2.47. The van der Waals surface area contributed by atoms with Gasteiger partial charge < -0.3 is 24.9 Å². The molecule has 2 aromatic carbocycles. The second-order valence-electron chi connectivity index (χ2n) is 20.2. The molecule has 5 fully saturated rings. The van der Waals surface area contributed by atoms with Crippen molar-refractivity contribution in [3.8, 4) is 6.07 Å². The zero-order valence-corrected chi connectivity index (χ0v) is 40.3. The molecule has 4 aromatic rings. The fourth-order valence-electron chi connectivity index (χ4n) is 11.6. The van der Waals surface area contributed by atoms with Crippen LogP contribution < -0.4 is 20.4 Å². The number of alkyl halides is 3. The van der Waals surface area contributed by atoms with E-state index in [0.29, 0.717) is 57.4 Å². The van der Waals surface area contributed by atoms with E-state index in [2.05, 4.69) is 62.7 Å². The number of nitrogens with zero attached hydrogens (tertiary/aromatic N) is 9. The lowest BCUT2D eigenvalue weighted by atomic mass is 9.65. The summed E-state index contributed by atoms with van der Waals surface area (Å²) >= 11 is 0. The third-order valence-electron chi connectivity index (χ3n) is 16.0. The number of halogens is 3. The normalized spacial score (nSPS) is 20.1. The third-order valence-corrected chi connectivity index (χ3v) is 16.0. The van der Waals surface area contributed by atoms with E-state index >= 15 is 0 Å². The topological polar surface area (TPSA) is 171 Å². The first-order chi connectivity index (χ1) is 33.6. The van der Waals surface area contributed by atoms with Gasteiger partial charge >= 0.3 is 12.2 Å². The van der Waals surface area contributed by atoms with Crippen LogP contribution in [0.2, 0.25) is 0 Å². The second-order valence-corrected chi connectivity index (χ2v) is 20.2. The number of piperidine rings is 2. The predicted molar refractivity (Wildman–Crippen MR) is 259 cm³/mol. The molecular weight excluding hydrogens is 900 g/mol. The smallest absolute Gasteiger partial charge is 0.362 e. The Kier molecular flexibility index (Phi) is 14.0. The predicted octanol–water partition coefficient (Wildman–Crippen LogP) is 7.82. The van der Waals surface area contributed by atoms with E-state index in [9.17, 15) is 37.6 Å². The van der Waals surface area contributed by atoms with Crippen LogP contribution in [0.1, 0.15) is 109 Å². The molecule has 2 N–H and O–H groups in total. The first-order valence-electron chi connectivity index (χ1n) is 24.8. The van der Waals surface area contributed by atoms with Gasteiger partial charge in [-0.3, -0.25) is 24.6 Å². The van der Waals surface area contributed by atoms with Gasteiger partial charge in [0.1, 0.15) is 5.82 Å². The molecule has 9 rings (SSSR count). The number of benzene rings is 2. The number of aryl methyl sites for hydroxylation is 1. The number of amides is 5. The van der Waals surface area contributed by atoms with Gasteiger partial charge in [-0.1, -0.05) is 18.2 Å². The lowest BCUT2D eigenvalue weighted by Crippen LogP contribution is -2.52. The molecule has 0 bridgehead atoms. The van der Waals surface area contributed by atoms with E-state index in [-0.39, 0.29) is 47.7 Å². The average Bonchev–Trinajstić information content (AvgIpc) is 3.36. The second kappa shape index (κ2) is 20.2. The number of carbonyl (C=O) groups is 4. The van der Waals surface area contributed by atoms with Crippen LogP contribution in [0.3, 0.4) is 0 Å². The van der Waals surface area contributed by atoms with Gasteiger partial charge in [0.25, 0.3) is 5.91 Å². The summed E-state index contributed by atoms with van der Waals surface area (Å²) in [6, 6.07) is 12.6. The molecule has 4 saturated heterocycles. The number of rotatable bonds is 10. The van der Waals surface area contributed by atoms with Gasteiger partial charge in [0.15, 0.2) is 5.82 Å². The van der Waals surface area contributed by atoms with Crippen LogP contribution in [0.4, 0.5) is 35.3 Å². The molecule has 6 heterocycles. The molecule has 370 valence electrons. The largest absolute Gasteiger partial charge is 0.418 e. The number of imide groups is 1. The minimum absolute atomic E-state index is 0.0228. The van der Waals surface area contributed by atoms with E-state index < -0.39 is 29.4 Å². The van der Waals surface area contributed by atoms with Crippen molar-refractivity contribution in [2.45, 2.75) is 97.2 Å². The molecule has 2 aromatic heterocycles. The van der Waals surface area contributed by atoms with Crippen LogP contribution in [0.5, 0.6) is 0 Å². The molecule has 5 amide bonds. The number of pyridine rings is 1. The summed E-state index contributed by atoms with van der Waals surface area (Å²) in [5.41, 5.74) is 2.78. The van der Waals surface area contributed by atoms with E-state index in [4.69, 9.17) is 4.98 Å².